The fraction of sp³-hybridized carbons (Fsp3) is 0.231. The van der Waals surface area contributed by atoms with E-state index < -0.39 is 5.97 Å². The van der Waals surface area contributed by atoms with Gasteiger partial charge in [-0.25, -0.2) is 9.37 Å². The summed E-state index contributed by atoms with van der Waals surface area (Å²) in [6.07, 6.45) is 0.609. The van der Waals surface area contributed by atoms with Gasteiger partial charge in [-0.2, -0.15) is 0 Å². The maximum absolute atomic E-state index is 12.8. The normalized spacial score (nSPS) is 10.6. The molecule has 0 spiro atoms. The summed E-state index contributed by atoms with van der Waals surface area (Å²) in [7, 11) is 0. The summed E-state index contributed by atoms with van der Waals surface area (Å²) in [4.78, 5) is 15.9. The van der Waals surface area contributed by atoms with Crippen LogP contribution in [0.3, 0.4) is 0 Å². The van der Waals surface area contributed by atoms with Gasteiger partial charge in [-0.3, -0.25) is 4.79 Å². The van der Waals surface area contributed by atoms with E-state index in [0.717, 1.165) is 16.1 Å². The smallest absolute Gasteiger partial charge is 0.310 e. The molecule has 1 aromatic carbocycles. The lowest BCUT2D eigenvalue weighted by atomic mass is 10.1. The fourth-order valence-electron chi connectivity index (χ4n) is 1.64. The second-order valence-corrected chi connectivity index (χ2v) is 5.16. The summed E-state index contributed by atoms with van der Waals surface area (Å²) in [5.41, 5.74) is 1.84. The molecule has 5 heteroatoms. The Bertz CT molecular complexity index is 563. The average molecular weight is 265 g/mol. The second kappa shape index (κ2) is 5.27. The molecule has 2 rings (SSSR count). The van der Waals surface area contributed by atoms with Crippen molar-refractivity contribution in [2.45, 2.75) is 19.8 Å². The molecule has 0 saturated heterocycles. The van der Waals surface area contributed by atoms with E-state index in [0.29, 0.717) is 11.4 Å². The van der Waals surface area contributed by atoms with Crippen LogP contribution < -0.4 is 0 Å². The highest BCUT2D eigenvalue weighted by Crippen LogP contribution is 2.22. The number of nitrogens with zero attached hydrogens (tertiary/aromatic N) is 1. The molecule has 1 aromatic heterocycles. The minimum atomic E-state index is -0.878. The van der Waals surface area contributed by atoms with Gasteiger partial charge in [0.05, 0.1) is 12.1 Å². The molecule has 0 saturated carbocycles. The van der Waals surface area contributed by atoms with Gasteiger partial charge in [0, 0.05) is 11.3 Å². The molecule has 94 valence electrons. The number of aliphatic carboxylic acids is 1. The molecule has 0 unspecified atom stereocenters. The van der Waals surface area contributed by atoms with Crippen LogP contribution in [0.15, 0.2) is 24.3 Å². The number of carbonyl (C=O) groups is 1. The number of hydrogen-bond acceptors (Lipinski definition) is 3. The number of halogens is 1. The van der Waals surface area contributed by atoms with Gasteiger partial charge in [0.25, 0.3) is 0 Å². The minimum Gasteiger partial charge on any atom is -0.481 e. The van der Waals surface area contributed by atoms with Crippen molar-refractivity contribution >= 4 is 17.3 Å². The number of carboxylic acid groups (broad SMARTS) is 1. The molecule has 0 amide bonds. The van der Waals surface area contributed by atoms with E-state index in [4.69, 9.17) is 5.11 Å². The number of carboxylic acids is 1. The van der Waals surface area contributed by atoms with Gasteiger partial charge in [-0.1, -0.05) is 12.1 Å². The highest BCUT2D eigenvalue weighted by atomic mass is 32.1. The standard InChI is InChI=1S/C13H12FNO2S/c1-8-11(18-12(15-8)7-13(16)17)6-9-2-4-10(14)5-3-9/h2-5H,6-7H2,1H3,(H,16,17). The largest absolute Gasteiger partial charge is 0.481 e. The third kappa shape index (κ3) is 3.13. The summed E-state index contributed by atoms with van der Waals surface area (Å²) in [6, 6.07) is 6.30. The van der Waals surface area contributed by atoms with Crippen LogP contribution in [-0.4, -0.2) is 16.1 Å². The highest BCUT2D eigenvalue weighted by Gasteiger charge is 2.11. The maximum Gasteiger partial charge on any atom is 0.310 e. The predicted octanol–water partition coefficient (Wildman–Crippen LogP) is 2.81. The van der Waals surface area contributed by atoms with Crippen molar-refractivity contribution in [1.29, 1.82) is 0 Å². The van der Waals surface area contributed by atoms with Gasteiger partial charge >= 0.3 is 5.97 Å². The molecule has 0 atom stereocenters. The first-order valence-electron chi connectivity index (χ1n) is 5.46. The zero-order valence-corrected chi connectivity index (χ0v) is 10.6. The Morgan fingerprint density at radius 3 is 2.67 bits per heavy atom. The van der Waals surface area contributed by atoms with Gasteiger partial charge in [0.1, 0.15) is 10.8 Å². The van der Waals surface area contributed by atoms with Gasteiger partial charge in [0.2, 0.25) is 0 Å². The molecule has 18 heavy (non-hydrogen) atoms. The van der Waals surface area contributed by atoms with Crippen LogP contribution in [0, 0.1) is 12.7 Å². The van der Waals surface area contributed by atoms with Crippen LogP contribution in [0.4, 0.5) is 4.39 Å². The van der Waals surface area contributed by atoms with Crippen LogP contribution >= 0.6 is 11.3 Å². The van der Waals surface area contributed by atoms with E-state index in [1.54, 1.807) is 12.1 Å². The molecule has 0 aliphatic heterocycles. The molecule has 1 N–H and O–H groups in total. The van der Waals surface area contributed by atoms with Crippen LogP contribution in [0.5, 0.6) is 0 Å². The van der Waals surface area contributed by atoms with Crippen molar-refractivity contribution in [2.75, 3.05) is 0 Å². The fourth-order valence-corrected chi connectivity index (χ4v) is 2.74. The number of benzene rings is 1. The van der Waals surface area contributed by atoms with Crippen molar-refractivity contribution in [3.63, 3.8) is 0 Å². The first kappa shape index (κ1) is 12.7. The summed E-state index contributed by atoms with van der Waals surface area (Å²) in [5, 5.41) is 9.32. The zero-order valence-electron chi connectivity index (χ0n) is 9.81. The van der Waals surface area contributed by atoms with Crippen LogP contribution in [0.2, 0.25) is 0 Å². The molecular formula is C13H12FNO2S. The number of thiazole rings is 1. The Labute approximate surface area is 108 Å². The predicted molar refractivity (Wildman–Crippen MR) is 67.4 cm³/mol. The van der Waals surface area contributed by atoms with Crippen LogP contribution in [0.25, 0.3) is 0 Å². The van der Waals surface area contributed by atoms with Gasteiger partial charge < -0.3 is 5.11 Å². The Hall–Kier alpha value is -1.75. The Kier molecular flexibility index (Phi) is 3.72. The number of aromatic nitrogens is 1. The van der Waals surface area contributed by atoms with Crippen molar-refractivity contribution in [3.05, 3.63) is 51.2 Å². The summed E-state index contributed by atoms with van der Waals surface area (Å²) < 4.78 is 12.8. The molecule has 0 aliphatic rings. The molecule has 3 nitrogen and oxygen atoms in total. The summed E-state index contributed by atoms with van der Waals surface area (Å²) in [5.74, 6) is -1.14. The third-order valence-corrected chi connectivity index (χ3v) is 3.67. The lowest BCUT2D eigenvalue weighted by molar-refractivity contribution is -0.136. The van der Waals surface area contributed by atoms with E-state index in [2.05, 4.69) is 4.98 Å². The monoisotopic (exact) mass is 265 g/mol. The average Bonchev–Trinajstić information content (AvgIpc) is 2.61. The molecule has 2 aromatic rings. The number of aryl methyl sites for hydroxylation is 1. The summed E-state index contributed by atoms with van der Waals surface area (Å²) in [6.45, 7) is 1.86. The lowest BCUT2D eigenvalue weighted by Gasteiger charge is -1.99. The Balaban J connectivity index is 2.16. The topological polar surface area (TPSA) is 50.2 Å². The van der Waals surface area contributed by atoms with Crippen molar-refractivity contribution < 1.29 is 14.3 Å². The van der Waals surface area contributed by atoms with E-state index in [1.807, 2.05) is 6.92 Å². The highest BCUT2D eigenvalue weighted by molar-refractivity contribution is 7.11. The van der Waals surface area contributed by atoms with Gasteiger partial charge in [-0.05, 0) is 24.6 Å². The van der Waals surface area contributed by atoms with Crippen molar-refractivity contribution in [1.82, 2.24) is 4.98 Å². The molecule has 0 radical (unpaired) electrons. The summed E-state index contributed by atoms with van der Waals surface area (Å²) >= 11 is 1.40. The van der Waals surface area contributed by atoms with Gasteiger partial charge in [-0.15, -0.1) is 11.3 Å². The van der Waals surface area contributed by atoms with Crippen LogP contribution in [-0.2, 0) is 17.6 Å². The first-order chi connectivity index (χ1) is 8.54. The second-order valence-electron chi connectivity index (χ2n) is 3.99. The lowest BCUT2D eigenvalue weighted by Crippen LogP contribution is -1.98. The van der Waals surface area contributed by atoms with Gasteiger partial charge in [0.15, 0.2) is 0 Å². The Morgan fingerprint density at radius 1 is 1.39 bits per heavy atom. The van der Waals surface area contributed by atoms with Crippen molar-refractivity contribution in [3.8, 4) is 0 Å². The third-order valence-electron chi connectivity index (χ3n) is 2.52. The number of hydrogen-bond donors (Lipinski definition) is 1. The molecule has 1 heterocycles. The van der Waals surface area contributed by atoms with E-state index in [1.165, 1.54) is 23.5 Å². The molecular weight excluding hydrogens is 253 g/mol. The Morgan fingerprint density at radius 2 is 2.06 bits per heavy atom. The molecule has 0 fully saturated rings. The quantitative estimate of drug-likeness (QED) is 0.924. The zero-order chi connectivity index (χ0) is 13.1. The van der Waals surface area contributed by atoms with E-state index in [9.17, 15) is 9.18 Å². The minimum absolute atomic E-state index is 0.0467. The number of rotatable bonds is 4. The van der Waals surface area contributed by atoms with E-state index in [-0.39, 0.29) is 12.2 Å². The van der Waals surface area contributed by atoms with Crippen molar-refractivity contribution in [2.24, 2.45) is 0 Å². The first-order valence-corrected chi connectivity index (χ1v) is 6.27. The van der Waals surface area contributed by atoms with E-state index >= 15 is 0 Å². The SMILES string of the molecule is Cc1nc(CC(=O)O)sc1Cc1ccc(F)cc1. The molecule has 0 aliphatic carbocycles. The maximum atomic E-state index is 12.8. The van der Waals surface area contributed by atoms with Crippen LogP contribution in [0.1, 0.15) is 21.1 Å². The molecule has 0 bridgehead atoms.